The summed E-state index contributed by atoms with van der Waals surface area (Å²) in [5.41, 5.74) is 0.377. The van der Waals surface area contributed by atoms with Crippen LogP contribution in [0.1, 0.15) is 25.3 Å². The topological polar surface area (TPSA) is 110 Å². The molecule has 4 atom stereocenters. The molecule has 0 radical (unpaired) electrons. The molecule has 1 aromatic carbocycles. The fourth-order valence-electron chi connectivity index (χ4n) is 4.16. The molecule has 2 rings (SSSR count). The average Bonchev–Trinajstić information content (AvgIpc) is 2.77. The van der Waals surface area contributed by atoms with Crippen molar-refractivity contribution in [2.75, 3.05) is 44.6 Å². The molecule has 0 bridgehead atoms. The summed E-state index contributed by atoms with van der Waals surface area (Å²) in [6.07, 6.45) is 0. The molecule has 1 aliphatic rings. The molecule has 182 valence electrons. The largest absolute Gasteiger partial charge is 0.508 e. The van der Waals surface area contributed by atoms with Gasteiger partial charge in [-0.1, -0.05) is 12.1 Å². The fourth-order valence-corrected chi connectivity index (χ4v) is 4.64. The molecular weight excluding hydrogens is 473 g/mol. The van der Waals surface area contributed by atoms with E-state index in [1.807, 2.05) is 0 Å². The number of carbonyl (C=O) groups is 4. The maximum absolute atomic E-state index is 13.6. The van der Waals surface area contributed by atoms with Gasteiger partial charge in [0.15, 0.2) is 11.6 Å². The average molecular weight is 502 g/mol. The van der Waals surface area contributed by atoms with Crippen molar-refractivity contribution in [3.8, 4) is 5.75 Å². The minimum Gasteiger partial charge on any atom is -0.508 e. The number of ether oxygens (including phenoxy) is 2. The van der Waals surface area contributed by atoms with Gasteiger partial charge in [0.25, 0.3) is 0 Å². The highest BCUT2D eigenvalue weighted by atomic mass is 35.5. The van der Waals surface area contributed by atoms with Crippen LogP contribution in [0.5, 0.6) is 5.75 Å². The molecule has 0 aromatic heterocycles. The van der Waals surface area contributed by atoms with Gasteiger partial charge in [-0.3, -0.25) is 24.1 Å². The number of ketones is 2. The van der Waals surface area contributed by atoms with E-state index in [1.165, 1.54) is 24.3 Å². The number of nitrogens with zero attached hydrogens (tertiary/aromatic N) is 1. The van der Waals surface area contributed by atoms with Crippen LogP contribution in [0.25, 0.3) is 0 Å². The monoisotopic (exact) mass is 501 g/mol. The quantitative estimate of drug-likeness (QED) is 0.279. The van der Waals surface area contributed by atoms with Gasteiger partial charge >= 0.3 is 11.9 Å². The lowest BCUT2D eigenvalue weighted by molar-refractivity contribution is -0.164. The second-order valence-corrected chi connectivity index (χ2v) is 8.37. The smallest absolute Gasteiger partial charge is 0.317 e. The SMILES string of the molecule is CCOC(=O)[C@@H]1C(=O)C(CN(CCCl)CCCl)C(=O)[C@H](C(=O)OCC)C1c1ccc(O)cc1. The van der Waals surface area contributed by atoms with Crippen LogP contribution in [0.2, 0.25) is 0 Å². The Balaban J connectivity index is 2.59. The molecule has 0 amide bonds. The lowest BCUT2D eigenvalue weighted by Crippen LogP contribution is -2.55. The number of phenolic OH excluding ortho intramolecular Hbond substituents is 1. The van der Waals surface area contributed by atoms with Crippen molar-refractivity contribution < 1.29 is 33.8 Å². The highest BCUT2D eigenvalue weighted by molar-refractivity contribution is 6.19. The first kappa shape index (κ1) is 27.1. The summed E-state index contributed by atoms with van der Waals surface area (Å²) >= 11 is 11.7. The summed E-state index contributed by atoms with van der Waals surface area (Å²) < 4.78 is 10.3. The van der Waals surface area contributed by atoms with Crippen LogP contribution < -0.4 is 0 Å². The molecule has 0 aliphatic heterocycles. The third-order valence-corrected chi connectivity index (χ3v) is 5.96. The Morgan fingerprint density at radius 3 is 1.76 bits per heavy atom. The van der Waals surface area contributed by atoms with E-state index in [4.69, 9.17) is 32.7 Å². The Hall–Kier alpha value is -2.16. The van der Waals surface area contributed by atoms with Gasteiger partial charge in [-0.25, -0.2) is 0 Å². The zero-order valence-corrected chi connectivity index (χ0v) is 20.2. The van der Waals surface area contributed by atoms with Gasteiger partial charge in [-0.15, -0.1) is 23.2 Å². The van der Waals surface area contributed by atoms with E-state index in [0.717, 1.165) is 0 Å². The summed E-state index contributed by atoms with van der Waals surface area (Å²) in [5.74, 6) is -7.53. The van der Waals surface area contributed by atoms with Gasteiger partial charge in [0, 0.05) is 37.3 Å². The first-order valence-electron chi connectivity index (χ1n) is 10.8. The van der Waals surface area contributed by atoms with Crippen LogP contribution in [-0.2, 0) is 28.7 Å². The predicted molar refractivity (Wildman–Crippen MR) is 122 cm³/mol. The number of alkyl halides is 2. The third-order valence-electron chi connectivity index (χ3n) is 5.62. The van der Waals surface area contributed by atoms with Gasteiger partial charge in [0.1, 0.15) is 17.6 Å². The number of benzene rings is 1. The first-order valence-corrected chi connectivity index (χ1v) is 11.9. The van der Waals surface area contributed by atoms with E-state index < -0.39 is 47.2 Å². The van der Waals surface area contributed by atoms with E-state index in [0.29, 0.717) is 18.7 Å². The van der Waals surface area contributed by atoms with Gasteiger partial charge in [-0.05, 0) is 31.5 Å². The molecule has 0 spiro atoms. The van der Waals surface area contributed by atoms with Crippen LogP contribution in [0.15, 0.2) is 24.3 Å². The maximum Gasteiger partial charge on any atom is 0.317 e. The molecule has 0 saturated heterocycles. The lowest BCUT2D eigenvalue weighted by Gasteiger charge is -2.39. The molecule has 33 heavy (non-hydrogen) atoms. The second-order valence-electron chi connectivity index (χ2n) is 7.61. The van der Waals surface area contributed by atoms with Gasteiger partial charge in [0.05, 0.1) is 19.1 Å². The zero-order chi connectivity index (χ0) is 24.5. The molecule has 1 N–H and O–H groups in total. The van der Waals surface area contributed by atoms with Crippen LogP contribution in [0.4, 0.5) is 0 Å². The van der Waals surface area contributed by atoms with E-state index in [1.54, 1.807) is 18.7 Å². The molecule has 0 heterocycles. The standard InChI is InChI=1S/C23H29Cl2NO7/c1-3-32-22(30)18-17(14-5-7-15(27)8-6-14)19(23(31)33-4-2)21(29)16(20(18)28)13-26(11-9-24)12-10-25/h5-8,16-19,27H,3-4,9-13H2,1-2H3/t16?,17?,18-,19+. The molecule has 1 aliphatic carbocycles. The van der Waals surface area contributed by atoms with Crippen molar-refractivity contribution in [3.05, 3.63) is 29.8 Å². The molecule has 1 fully saturated rings. The van der Waals surface area contributed by atoms with Crippen molar-refractivity contribution >= 4 is 46.7 Å². The molecule has 1 saturated carbocycles. The maximum atomic E-state index is 13.6. The van der Waals surface area contributed by atoms with Gasteiger partial charge < -0.3 is 14.6 Å². The number of Topliss-reactive ketones (excluding diaryl/α,β-unsaturated/α-hetero) is 2. The summed E-state index contributed by atoms with van der Waals surface area (Å²) in [6.45, 7) is 3.99. The number of hydrogen-bond acceptors (Lipinski definition) is 8. The highest BCUT2D eigenvalue weighted by Gasteiger charge is 2.56. The minimum atomic E-state index is -1.39. The second kappa shape index (κ2) is 12.9. The number of carbonyl (C=O) groups excluding carboxylic acids is 4. The summed E-state index contributed by atoms with van der Waals surface area (Å²) in [6, 6.07) is 5.69. The van der Waals surface area contributed by atoms with Crippen molar-refractivity contribution in [1.82, 2.24) is 4.90 Å². The van der Waals surface area contributed by atoms with Crippen LogP contribution in [0, 0.1) is 17.8 Å². The normalized spacial score (nSPS) is 22.9. The molecular formula is C23H29Cl2NO7. The van der Waals surface area contributed by atoms with Gasteiger partial charge in [-0.2, -0.15) is 0 Å². The number of hydrogen-bond donors (Lipinski definition) is 1. The Kier molecular flexibility index (Phi) is 10.6. The van der Waals surface area contributed by atoms with E-state index >= 15 is 0 Å². The molecule has 2 unspecified atom stereocenters. The number of phenols is 1. The molecule has 10 heteroatoms. The number of rotatable bonds is 11. The number of halogens is 2. The first-order chi connectivity index (χ1) is 15.8. The summed E-state index contributed by atoms with van der Waals surface area (Å²) in [4.78, 5) is 54.8. The van der Waals surface area contributed by atoms with Crippen LogP contribution in [-0.4, -0.2) is 78.1 Å². The van der Waals surface area contributed by atoms with Crippen molar-refractivity contribution in [3.63, 3.8) is 0 Å². The lowest BCUT2D eigenvalue weighted by atomic mass is 9.63. The van der Waals surface area contributed by atoms with Crippen molar-refractivity contribution in [2.24, 2.45) is 17.8 Å². The number of esters is 2. The van der Waals surface area contributed by atoms with E-state index in [-0.39, 0.29) is 37.3 Å². The Bertz CT molecular complexity index is 802. The Morgan fingerprint density at radius 1 is 0.909 bits per heavy atom. The van der Waals surface area contributed by atoms with Crippen LogP contribution in [0.3, 0.4) is 0 Å². The predicted octanol–water partition coefficient (Wildman–Crippen LogP) is 2.38. The van der Waals surface area contributed by atoms with E-state index in [9.17, 15) is 24.3 Å². The van der Waals surface area contributed by atoms with Crippen molar-refractivity contribution in [1.29, 1.82) is 0 Å². The minimum absolute atomic E-state index is 0.0226. The van der Waals surface area contributed by atoms with E-state index in [2.05, 4.69) is 0 Å². The Morgan fingerprint density at radius 2 is 1.36 bits per heavy atom. The zero-order valence-electron chi connectivity index (χ0n) is 18.7. The molecule has 8 nitrogen and oxygen atoms in total. The summed E-state index contributed by atoms with van der Waals surface area (Å²) in [5, 5.41) is 9.68. The van der Waals surface area contributed by atoms with Gasteiger partial charge in [0.2, 0.25) is 0 Å². The fraction of sp³-hybridized carbons (Fsp3) is 0.565. The third kappa shape index (κ3) is 6.46. The van der Waals surface area contributed by atoms with Crippen LogP contribution >= 0.6 is 23.2 Å². The Labute approximate surface area is 203 Å². The number of aromatic hydroxyl groups is 1. The highest BCUT2D eigenvalue weighted by Crippen LogP contribution is 2.43. The molecule has 1 aromatic rings. The van der Waals surface area contributed by atoms with Crippen molar-refractivity contribution in [2.45, 2.75) is 19.8 Å². The summed E-state index contributed by atoms with van der Waals surface area (Å²) in [7, 11) is 0.